The second kappa shape index (κ2) is 14.5. The van der Waals surface area contributed by atoms with Crippen LogP contribution in [-0.2, 0) is 0 Å². The number of aromatic nitrogens is 1. The van der Waals surface area contributed by atoms with Gasteiger partial charge in [-0.2, -0.15) is 0 Å². The summed E-state index contributed by atoms with van der Waals surface area (Å²) in [5, 5.41) is 2.33. The SMILES string of the molecule is CC(=O)c1ccc(C)cc1C(=O)c1ccc(C)s1.COc1ccc2c(/C=C3\N=C(c4ccc(C)s4)c4cc(C)ccc43)[nH]c(-c3ccc(C)s3)c2c1. The molecule has 8 rings (SSSR count). The van der Waals surface area contributed by atoms with Gasteiger partial charge < -0.3 is 9.72 Å². The fourth-order valence-electron chi connectivity index (χ4n) is 6.40. The molecule has 1 N–H and O–H groups in total. The second-order valence-corrected chi connectivity index (χ2v) is 16.9. The molecule has 260 valence electrons. The fourth-order valence-corrected chi connectivity index (χ4v) is 8.97. The van der Waals surface area contributed by atoms with Crippen LogP contribution in [0.4, 0.5) is 0 Å². The minimum absolute atomic E-state index is 0.0676. The largest absolute Gasteiger partial charge is 0.497 e. The number of thiophene rings is 3. The normalized spacial score (nSPS) is 12.8. The minimum atomic E-state index is -0.0772. The van der Waals surface area contributed by atoms with Gasteiger partial charge >= 0.3 is 0 Å². The number of H-pyrrole nitrogens is 1. The summed E-state index contributed by atoms with van der Waals surface area (Å²) in [5.41, 5.74) is 9.85. The number of hydrogen-bond acceptors (Lipinski definition) is 7. The molecule has 0 atom stereocenters. The number of ether oxygens (including phenoxy) is 1. The molecule has 5 heterocycles. The van der Waals surface area contributed by atoms with E-state index in [0.29, 0.717) is 16.0 Å². The molecule has 1 aliphatic heterocycles. The van der Waals surface area contributed by atoms with Crippen molar-refractivity contribution in [1.29, 1.82) is 0 Å². The third-order valence-electron chi connectivity index (χ3n) is 8.99. The number of ketones is 2. The van der Waals surface area contributed by atoms with Gasteiger partial charge in [0, 0.05) is 53.4 Å². The summed E-state index contributed by atoms with van der Waals surface area (Å²) in [4.78, 5) is 39.6. The van der Waals surface area contributed by atoms with Gasteiger partial charge in [0.2, 0.25) is 5.78 Å². The molecule has 0 unspecified atom stereocenters. The zero-order chi connectivity index (χ0) is 36.7. The number of aliphatic imine (C=N–C) groups is 1. The Kier molecular flexibility index (Phi) is 9.81. The summed E-state index contributed by atoms with van der Waals surface area (Å²) in [7, 11) is 1.71. The van der Waals surface area contributed by atoms with Gasteiger partial charge in [0.25, 0.3) is 0 Å². The van der Waals surface area contributed by atoms with Crippen molar-refractivity contribution in [3.05, 3.63) is 154 Å². The number of carbonyl (C=O) groups is 2. The van der Waals surface area contributed by atoms with Crippen molar-refractivity contribution in [3.63, 3.8) is 0 Å². The van der Waals surface area contributed by atoms with Crippen LogP contribution in [0.5, 0.6) is 5.75 Å². The van der Waals surface area contributed by atoms with Crippen LogP contribution in [0.1, 0.15) is 80.0 Å². The van der Waals surface area contributed by atoms with E-state index in [1.807, 2.05) is 38.1 Å². The topological polar surface area (TPSA) is 71.5 Å². The first-order chi connectivity index (χ1) is 25.0. The fraction of sp³-hybridized carbons (Fsp3) is 0.159. The van der Waals surface area contributed by atoms with E-state index < -0.39 is 0 Å². The molecule has 4 aromatic heterocycles. The lowest BCUT2D eigenvalue weighted by molar-refractivity contribution is 0.0991. The van der Waals surface area contributed by atoms with Crippen molar-refractivity contribution in [3.8, 4) is 16.3 Å². The summed E-state index contributed by atoms with van der Waals surface area (Å²) >= 11 is 5.05. The molecule has 0 spiro atoms. The second-order valence-electron chi connectivity index (χ2n) is 13.0. The number of rotatable bonds is 7. The number of benzene rings is 3. The van der Waals surface area contributed by atoms with E-state index in [-0.39, 0.29) is 11.6 Å². The standard InChI is InChI=1S/C29H24N2OS2.C15H14O2S/c1-16-5-9-20-22(13-16)28(26-11-6-17(2)33-26)30-24(20)15-25-21-10-8-19(32-4)14-23(21)29(31-25)27-12-7-18(3)34-27;1-9-4-6-12(11(3)16)13(8-9)15(17)14-7-5-10(2)18-14/h5-15,31H,1-4H3;4-8H,1-3H3/b24-15-;. The number of Topliss-reactive ketones (excluding diaryl/α,β-unsaturated/α-hetero) is 1. The molecule has 5 nitrogen and oxygen atoms in total. The number of fused-ring (bicyclic) bond motifs is 2. The zero-order valence-corrected chi connectivity index (χ0v) is 32.6. The van der Waals surface area contributed by atoms with Gasteiger partial charge in [-0.1, -0.05) is 35.4 Å². The van der Waals surface area contributed by atoms with Gasteiger partial charge in [-0.05, 0) is 114 Å². The maximum absolute atomic E-state index is 12.4. The van der Waals surface area contributed by atoms with Crippen LogP contribution < -0.4 is 4.74 Å². The number of methoxy groups -OCH3 is 1. The highest BCUT2D eigenvalue weighted by Crippen LogP contribution is 2.40. The van der Waals surface area contributed by atoms with Crippen LogP contribution in [0.15, 0.2) is 96.0 Å². The van der Waals surface area contributed by atoms with Crippen LogP contribution in [0.3, 0.4) is 0 Å². The van der Waals surface area contributed by atoms with Gasteiger partial charge in [0.15, 0.2) is 5.78 Å². The average molecular weight is 739 g/mol. The highest BCUT2D eigenvalue weighted by molar-refractivity contribution is 7.15. The monoisotopic (exact) mass is 738 g/mol. The molecule has 1 aliphatic rings. The number of nitrogens with zero attached hydrogens (tertiary/aromatic N) is 1. The Labute approximate surface area is 316 Å². The first kappa shape index (κ1) is 35.3. The Balaban J connectivity index is 0.000000198. The Hall–Kier alpha value is -5.15. The van der Waals surface area contributed by atoms with Crippen LogP contribution in [0.25, 0.3) is 33.1 Å². The van der Waals surface area contributed by atoms with Crippen molar-refractivity contribution in [1.82, 2.24) is 4.98 Å². The summed E-state index contributed by atoms with van der Waals surface area (Å²) in [5.74, 6) is 0.712. The van der Waals surface area contributed by atoms with Crippen molar-refractivity contribution in [2.75, 3.05) is 7.11 Å². The predicted molar refractivity (Wildman–Crippen MR) is 220 cm³/mol. The molecule has 0 radical (unpaired) electrons. The van der Waals surface area contributed by atoms with E-state index in [0.717, 1.165) is 44.4 Å². The van der Waals surface area contributed by atoms with E-state index in [2.05, 4.69) is 86.4 Å². The summed E-state index contributed by atoms with van der Waals surface area (Å²) in [6.45, 7) is 11.8. The van der Waals surface area contributed by atoms with E-state index in [9.17, 15) is 9.59 Å². The molecule has 0 bridgehead atoms. The molecule has 0 saturated carbocycles. The zero-order valence-electron chi connectivity index (χ0n) is 30.1. The molecular formula is C44H38N2O3S3. The lowest BCUT2D eigenvalue weighted by Gasteiger charge is -2.06. The van der Waals surface area contributed by atoms with Crippen LogP contribution in [0.2, 0.25) is 0 Å². The van der Waals surface area contributed by atoms with Gasteiger partial charge in [0.05, 0.1) is 38.8 Å². The van der Waals surface area contributed by atoms with E-state index in [1.54, 1.807) is 41.9 Å². The Bertz CT molecular complexity index is 2570. The molecule has 7 aromatic rings. The van der Waals surface area contributed by atoms with Crippen molar-refractivity contribution < 1.29 is 14.3 Å². The number of hydrogen-bond donors (Lipinski definition) is 1. The third-order valence-corrected chi connectivity index (χ3v) is 12.0. The van der Waals surface area contributed by atoms with Crippen LogP contribution >= 0.6 is 34.0 Å². The van der Waals surface area contributed by atoms with Gasteiger partial charge in [-0.3, -0.25) is 9.59 Å². The number of carbonyl (C=O) groups excluding carboxylic acids is 2. The Morgan fingerprint density at radius 1 is 0.673 bits per heavy atom. The maximum Gasteiger partial charge on any atom is 0.203 e. The van der Waals surface area contributed by atoms with Crippen LogP contribution in [0, 0.1) is 34.6 Å². The predicted octanol–water partition coefficient (Wildman–Crippen LogP) is 12.0. The molecule has 0 saturated heterocycles. The van der Waals surface area contributed by atoms with Gasteiger partial charge in [-0.25, -0.2) is 4.99 Å². The Morgan fingerprint density at radius 2 is 1.35 bits per heavy atom. The summed E-state index contributed by atoms with van der Waals surface area (Å²) in [6, 6.07) is 30.7. The first-order valence-corrected chi connectivity index (χ1v) is 19.4. The molecule has 52 heavy (non-hydrogen) atoms. The molecular weight excluding hydrogens is 701 g/mol. The summed E-state index contributed by atoms with van der Waals surface area (Å²) in [6.07, 6.45) is 2.19. The maximum atomic E-state index is 12.4. The molecule has 0 amide bonds. The molecule has 0 aliphatic carbocycles. The molecule has 0 fully saturated rings. The van der Waals surface area contributed by atoms with Crippen LogP contribution in [-0.4, -0.2) is 29.4 Å². The first-order valence-electron chi connectivity index (χ1n) is 17.0. The minimum Gasteiger partial charge on any atom is -0.497 e. The van der Waals surface area contributed by atoms with E-state index in [1.165, 1.54) is 59.8 Å². The lowest BCUT2D eigenvalue weighted by atomic mass is 9.98. The highest BCUT2D eigenvalue weighted by Gasteiger charge is 2.24. The highest BCUT2D eigenvalue weighted by atomic mass is 32.1. The number of aryl methyl sites for hydroxylation is 5. The van der Waals surface area contributed by atoms with Crippen molar-refractivity contribution >= 4 is 73.8 Å². The quantitative estimate of drug-likeness (QED) is 0.166. The van der Waals surface area contributed by atoms with E-state index in [4.69, 9.17) is 9.73 Å². The number of nitrogens with one attached hydrogen (secondary N) is 1. The van der Waals surface area contributed by atoms with E-state index >= 15 is 0 Å². The molecule has 3 aromatic carbocycles. The Morgan fingerprint density at radius 3 is 2.00 bits per heavy atom. The van der Waals surface area contributed by atoms with Crippen molar-refractivity contribution in [2.45, 2.75) is 41.5 Å². The lowest BCUT2D eigenvalue weighted by Crippen LogP contribution is -2.07. The average Bonchev–Trinajstić information content (AvgIpc) is 3.97. The smallest absolute Gasteiger partial charge is 0.203 e. The number of aromatic amines is 1. The third kappa shape index (κ3) is 7.02. The molecule has 8 heteroatoms. The van der Waals surface area contributed by atoms with Gasteiger partial charge in [0.1, 0.15) is 5.75 Å². The van der Waals surface area contributed by atoms with Crippen molar-refractivity contribution in [2.24, 2.45) is 4.99 Å². The van der Waals surface area contributed by atoms with Gasteiger partial charge in [-0.15, -0.1) is 34.0 Å². The summed E-state index contributed by atoms with van der Waals surface area (Å²) < 4.78 is 5.54.